The number of cyclic esters (lactones) is 1. The predicted molar refractivity (Wildman–Crippen MR) is 66.2 cm³/mol. The maximum Gasteiger partial charge on any atom is 0.338 e. The number of benzene rings is 2. The van der Waals surface area contributed by atoms with E-state index in [-0.39, 0.29) is 5.97 Å². The summed E-state index contributed by atoms with van der Waals surface area (Å²) in [6.45, 7) is 0.337. The molecule has 0 aromatic heterocycles. The maximum absolute atomic E-state index is 11.5. The number of carbonyl (C=O) groups is 1. The summed E-state index contributed by atoms with van der Waals surface area (Å²) in [6.07, 6.45) is 0. The Morgan fingerprint density at radius 1 is 1.11 bits per heavy atom. The third-order valence-corrected chi connectivity index (χ3v) is 3.15. The number of methoxy groups -OCH3 is 2. The van der Waals surface area contributed by atoms with Crippen molar-refractivity contribution < 1.29 is 19.0 Å². The molecule has 3 rings (SSSR count). The van der Waals surface area contributed by atoms with Gasteiger partial charge in [-0.3, -0.25) is 0 Å². The lowest BCUT2D eigenvalue weighted by Crippen LogP contribution is -1.95. The monoisotopic (exact) mass is 244 g/mol. The molecule has 4 nitrogen and oxygen atoms in total. The van der Waals surface area contributed by atoms with Gasteiger partial charge >= 0.3 is 5.97 Å². The van der Waals surface area contributed by atoms with Gasteiger partial charge in [0.15, 0.2) is 0 Å². The molecule has 1 aliphatic heterocycles. The smallest absolute Gasteiger partial charge is 0.338 e. The topological polar surface area (TPSA) is 44.8 Å². The van der Waals surface area contributed by atoms with Gasteiger partial charge in [-0.2, -0.15) is 0 Å². The lowest BCUT2D eigenvalue weighted by atomic mass is 10.0. The highest BCUT2D eigenvalue weighted by atomic mass is 16.5. The summed E-state index contributed by atoms with van der Waals surface area (Å²) < 4.78 is 15.6. The van der Waals surface area contributed by atoms with Crippen LogP contribution in [-0.4, -0.2) is 20.2 Å². The molecule has 0 unspecified atom stereocenters. The van der Waals surface area contributed by atoms with Crippen molar-refractivity contribution in [2.45, 2.75) is 6.61 Å². The van der Waals surface area contributed by atoms with E-state index in [9.17, 15) is 4.79 Å². The first-order valence-corrected chi connectivity index (χ1v) is 5.58. The quantitative estimate of drug-likeness (QED) is 0.761. The number of hydrogen-bond acceptors (Lipinski definition) is 4. The first-order chi connectivity index (χ1) is 8.72. The first-order valence-electron chi connectivity index (χ1n) is 5.58. The number of carbonyl (C=O) groups excluding carboxylic acids is 1. The molecule has 2 aromatic rings. The molecule has 0 spiro atoms. The van der Waals surface area contributed by atoms with Crippen LogP contribution in [0.1, 0.15) is 15.9 Å². The van der Waals surface area contributed by atoms with Crippen LogP contribution in [0.4, 0.5) is 0 Å². The predicted octanol–water partition coefficient (Wildman–Crippen LogP) is 2.53. The Balaban J connectivity index is 2.32. The van der Waals surface area contributed by atoms with Crippen LogP contribution in [0.15, 0.2) is 24.3 Å². The SMILES string of the molecule is COc1cc(OC)c2cc3c(cc2c1)COC3=O. The van der Waals surface area contributed by atoms with Gasteiger partial charge in [-0.15, -0.1) is 0 Å². The molecule has 1 heterocycles. The fourth-order valence-electron chi connectivity index (χ4n) is 2.22. The second-order valence-corrected chi connectivity index (χ2v) is 4.14. The normalized spacial score (nSPS) is 13.3. The summed E-state index contributed by atoms with van der Waals surface area (Å²) in [5.74, 6) is 1.14. The number of ether oxygens (including phenoxy) is 3. The summed E-state index contributed by atoms with van der Waals surface area (Å²) >= 11 is 0. The highest BCUT2D eigenvalue weighted by Crippen LogP contribution is 2.35. The molecule has 4 heteroatoms. The van der Waals surface area contributed by atoms with Crippen molar-refractivity contribution in [3.63, 3.8) is 0 Å². The molecule has 92 valence electrons. The van der Waals surface area contributed by atoms with Crippen LogP contribution in [0.3, 0.4) is 0 Å². The summed E-state index contributed by atoms with van der Waals surface area (Å²) in [4.78, 5) is 11.5. The Morgan fingerprint density at radius 3 is 2.67 bits per heavy atom. The summed E-state index contributed by atoms with van der Waals surface area (Å²) in [5.41, 5.74) is 1.52. The second kappa shape index (κ2) is 3.91. The minimum Gasteiger partial charge on any atom is -0.497 e. The summed E-state index contributed by atoms with van der Waals surface area (Å²) in [6, 6.07) is 7.48. The van der Waals surface area contributed by atoms with Crippen LogP contribution in [0, 0.1) is 0 Å². The van der Waals surface area contributed by atoms with Crippen molar-refractivity contribution in [1.82, 2.24) is 0 Å². The van der Waals surface area contributed by atoms with Gasteiger partial charge in [0, 0.05) is 17.0 Å². The highest BCUT2D eigenvalue weighted by molar-refractivity contribution is 6.01. The van der Waals surface area contributed by atoms with Gasteiger partial charge in [-0.25, -0.2) is 4.79 Å². The third-order valence-electron chi connectivity index (χ3n) is 3.15. The van der Waals surface area contributed by atoms with Crippen molar-refractivity contribution >= 4 is 16.7 Å². The Labute approximate surface area is 104 Å². The Hall–Kier alpha value is -2.23. The van der Waals surface area contributed by atoms with Gasteiger partial charge in [0.25, 0.3) is 0 Å². The van der Waals surface area contributed by atoms with E-state index in [1.54, 1.807) is 20.3 Å². The molecule has 0 bridgehead atoms. The molecule has 0 N–H and O–H groups in total. The van der Waals surface area contributed by atoms with Crippen LogP contribution < -0.4 is 9.47 Å². The zero-order valence-electron chi connectivity index (χ0n) is 10.1. The van der Waals surface area contributed by atoms with Gasteiger partial charge in [0.2, 0.25) is 0 Å². The standard InChI is InChI=1S/C14H12O4/c1-16-10-4-8-3-9-7-18-14(15)12(9)6-11(8)13(5-10)17-2/h3-6H,7H2,1-2H3. The third kappa shape index (κ3) is 1.49. The minimum absolute atomic E-state index is 0.273. The Bertz CT molecular complexity index is 646. The molecule has 0 aliphatic carbocycles. The minimum atomic E-state index is -0.273. The summed E-state index contributed by atoms with van der Waals surface area (Å²) in [5, 5.41) is 1.86. The second-order valence-electron chi connectivity index (χ2n) is 4.14. The molecule has 0 atom stereocenters. The highest BCUT2D eigenvalue weighted by Gasteiger charge is 2.22. The molecule has 0 amide bonds. The van der Waals surface area contributed by atoms with Gasteiger partial charge in [0.05, 0.1) is 19.8 Å². The van der Waals surface area contributed by atoms with Crippen molar-refractivity contribution in [2.75, 3.05) is 14.2 Å². The lowest BCUT2D eigenvalue weighted by molar-refractivity contribution is 0.0535. The average molecular weight is 244 g/mol. The fraction of sp³-hybridized carbons (Fsp3) is 0.214. The van der Waals surface area contributed by atoms with Crippen LogP contribution in [0.5, 0.6) is 11.5 Å². The number of hydrogen-bond donors (Lipinski definition) is 0. The van der Waals surface area contributed by atoms with E-state index < -0.39 is 0 Å². The van der Waals surface area contributed by atoms with Gasteiger partial charge < -0.3 is 14.2 Å². The maximum atomic E-state index is 11.5. The van der Waals surface area contributed by atoms with Crippen LogP contribution in [-0.2, 0) is 11.3 Å². The largest absolute Gasteiger partial charge is 0.497 e. The van der Waals surface area contributed by atoms with Crippen molar-refractivity contribution in [3.8, 4) is 11.5 Å². The molecule has 0 fully saturated rings. The molecule has 0 radical (unpaired) electrons. The zero-order chi connectivity index (χ0) is 12.7. The van der Waals surface area contributed by atoms with Crippen LogP contribution in [0.25, 0.3) is 10.8 Å². The van der Waals surface area contributed by atoms with Gasteiger partial charge in [0.1, 0.15) is 18.1 Å². The average Bonchev–Trinajstić information content (AvgIpc) is 2.76. The molecular formula is C14H12O4. The molecule has 2 aromatic carbocycles. The molecule has 18 heavy (non-hydrogen) atoms. The Kier molecular flexibility index (Phi) is 2.37. The van der Waals surface area contributed by atoms with Crippen molar-refractivity contribution in [3.05, 3.63) is 35.4 Å². The first kappa shape index (κ1) is 10.9. The molecule has 0 saturated carbocycles. The van der Waals surface area contributed by atoms with E-state index in [2.05, 4.69) is 0 Å². The van der Waals surface area contributed by atoms with E-state index >= 15 is 0 Å². The van der Waals surface area contributed by atoms with Crippen molar-refractivity contribution in [1.29, 1.82) is 0 Å². The molecular weight excluding hydrogens is 232 g/mol. The zero-order valence-corrected chi connectivity index (χ0v) is 10.1. The Morgan fingerprint density at radius 2 is 1.94 bits per heavy atom. The van der Waals surface area contributed by atoms with E-state index in [0.29, 0.717) is 17.9 Å². The van der Waals surface area contributed by atoms with E-state index in [0.717, 1.165) is 22.1 Å². The number of fused-ring (bicyclic) bond motifs is 2. The van der Waals surface area contributed by atoms with Gasteiger partial charge in [-0.05, 0) is 23.6 Å². The van der Waals surface area contributed by atoms with E-state index in [1.807, 2.05) is 18.2 Å². The fourth-order valence-corrected chi connectivity index (χ4v) is 2.22. The number of esters is 1. The van der Waals surface area contributed by atoms with E-state index in [4.69, 9.17) is 14.2 Å². The number of rotatable bonds is 2. The van der Waals surface area contributed by atoms with Gasteiger partial charge in [-0.1, -0.05) is 0 Å². The molecule has 1 aliphatic rings. The lowest BCUT2D eigenvalue weighted by Gasteiger charge is -2.09. The molecule has 0 saturated heterocycles. The van der Waals surface area contributed by atoms with Crippen molar-refractivity contribution in [2.24, 2.45) is 0 Å². The van der Waals surface area contributed by atoms with Crippen LogP contribution >= 0.6 is 0 Å². The van der Waals surface area contributed by atoms with E-state index in [1.165, 1.54) is 0 Å². The van der Waals surface area contributed by atoms with Crippen LogP contribution in [0.2, 0.25) is 0 Å². The summed E-state index contributed by atoms with van der Waals surface area (Å²) in [7, 11) is 3.21.